The van der Waals surface area contributed by atoms with Crippen molar-refractivity contribution in [3.8, 4) is 0 Å². The molecular weight excluding hydrogens is 342 g/mol. The van der Waals surface area contributed by atoms with Crippen LogP contribution in [0.15, 0.2) is 4.90 Å². The van der Waals surface area contributed by atoms with E-state index >= 15 is 0 Å². The van der Waals surface area contributed by atoms with E-state index < -0.39 is 10.0 Å². The van der Waals surface area contributed by atoms with Gasteiger partial charge in [-0.15, -0.1) is 0 Å². The predicted octanol–water partition coefficient (Wildman–Crippen LogP) is 1.44. The molecule has 1 aromatic heterocycles. The van der Waals surface area contributed by atoms with Crippen LogP contribution in [0.25, 0.3) is 0 Å². The first-order valence-corrected chi connectivity index (χ1v) is 10.1. The second kappa shape index (κ2) is 7.88. The summed E-state index contributed by atoms with van der Waals surface area (Å²) in [4.78, 5) is 12.7. The molecule has 1 amide bonds. The molecule has 0 spiro atoms. The van der Waals surface area contributed by atoms with Gasteiger partial charge in [-0.25, -0.2) is 8.42 Å². The van der Waals surface area contributed by atoms with Crippen molar-refractivity contribution in [2.45, 2.75) is 38.5 Å². The predicted molar refractivity (Wildman–Crippen MR) is 96.3 cm³/mol. The third kappa shape index (κ3) is 3.91. The van der Waals surface area contributed by atoms with Crippen LogP contribution in [0.5, 0.6) is 0 Å². The molecule has 2 heterocycles. The topological polar surface area (TPSA) is 80.6 Å². The van der Waals surface area contributed by atoms with Gasteiger partial charge in [0.1, 0.15) is 10.6 Å². The molecule has 8 heteroatoms. The molecule has 1 fully saturated rings. The minimum absolute atomic E-state index is 0.265. The molecule has 1 aromatic rings. The second-order valence-electron chi connectivity index (χ2n) is 6.78. The van der Waals surface area contributed by atoms with Crippen LogP contribution in [-0.4, -0.2) is 56.5 Å². The Bertz CT molecular complexity index is 732. The molecule has 1 aliphatic heterocycles. The van der Waals surface area contributed by atoms with E-state index in [-0.39, 0.29) is 10.8 Å². The third-order valence-corrected chi connectivity index (χ3v) is 7.17. The molecule has 0 aromatic carbocycles. The van der Waals surface area contributed by atoms with Crippen LogP contribution >= 0.6 is 0 Å². The van der Waals surface area contributed by atoms with E-state index in [4.69, 9.17) is 4.74 Å². The average molecular weight is 372 g/mol. The summed E-state index contributed by atoms with van der Waals surface area (Å²) in [5.41, 5.74) is 1.49. The van der Waals surface area contributed by atoms with Gasteiger partial charge in [-0.05, 0) is 32.6 Å². The minimum Gasteiger partial charge on any atom is -0.383 e. The number of sulfonamides is 1. The highest BCUT2D eigenvalue weighted by Crippen LogP contribution is 2.30. The van der Waals surface area contributed by atoms with Crippen LogP contribution in [0, 0.1) is 19.8 Å². The van der Waals surface area contributed by atoms with Crippen LogP contribution in [0.3, 0.4) is 0 Å². The lowest BCUT2D eigenvalue weighted by Gasteiger charge is -2.29. The van der Waals surface area contributed by atoms with Crippen LogP contribution in [-0.2, 0) is 21.8 Å². The summed E-state index contributed by atoms with van der Waals surface area (Å²) in [7, 11) is -0.309. The van der Waals surface area contributed by atoms with Crippen LogP contribution in [0.1, 0.15) is 41.5 Å². The summed E-state index contributed by atoms with van der Waals surface area (Å²) >= 11 is 0. The minimum atomic E-state index is -3.60. The molecule has 0 aliphatic carbocycles. The van der Waals surface area contributed by atoms with Crippen molar-refractivity contribution in [2.75, 3.05) is 33.4 Å². The number of nitrogens with one attached hydrogen (secondary N) is 1. The van der Waals surface area contributed by atoms with Crippen molar-refractivity contribution in [1.82, 2.24) is 14.2 Å². The molecule has 0 radical (unpaired) electrons. The molecule has 1 saturated heterocycles. The lowest BCUT2D eigenvalue weighted by atomic mass is 10.0. The van der Waals surface area contributed by atoms with E-state index in [1.807, 2.05) is 0 Å². The number of hydrogen-bond donors (Lipinski definition) is 1. The maximum atomic E-state index is 13.1. The second-order valence-corrected chi connectivity index (χ2v) is 8.66. The molecule has 0 unspecified atom stereocenters. The maximum absolute atomic E-state index is 13.1. The number of nitrogens with zero attached hydrogens (tertiary/aromatic N) is 2. The van der Waals surface area contributed by atoms with Crippen molar-refractivity contribution in [2.24, 2.45) is 13.0 Å². The molecule has 1 N–H and O–H groups in total. The Balaban J connectivity index is 2.36. The number of methoxy groups -OCH3 is 1. The van der Waals surface area contributed by atoms with Crippen molar-refractivity contribution in [3.05, 3.63) is 17.0 Å². The molecule has 7 nitrogen and oxygen atoms in total. The summed E-state index contributed by atoms with van der Waals surface area (Å²) in [6.07, 6.45) is 1.74. The van der Waals surface area contributed by atoms with Gasteiger partial charge in [0.25, 0.3) is 5.91 Å². The fraction of sp³-hybridized carbons (Fsp3) is 0.706. The molecular formula is C17H29N3O4S. The van der Waals surface area contributed by atoms with E-state index in [9.17, 15) is 13.2 Å². The monoisotopic (exact) mass is 371 g/mol. The Morgan fingerprint density at radius 2 is 1.88 bits per heavy atom. The number of ether oxygens (including phenoxy) is 1. The lowest BCUT2D eigenvalue weighted by Crippen LogP contribution is -2.38. The first-order chi connectivity index (χ1) is 11.7. The Morgan fingerprint density at radius 3 is 2.44 bits per heavy atom. The molecule has 0 bridgehead atoms. The SMILES string of the molecule is COCCNC(=O)c1c(C)c(S(=O)(=O)N2CCC(C)CC2)c(C)n1C. The van der Waals surface area contributed by atoms with Gasteiger partial charge in [0.05, 0.1) is 6.61 Å². The molecule has 0 saturated carbocycles. The maximum Gasteiger partial charge on any atom is 0.268 e. The molecule has 0 atom stereocenters. The zero-order chi connectivity index (χ0) is 18.8. The number of carbonyl (C=O) groups excluding carboxylic acids is 1. The van der Waals surface area contributed by atoms with Gasteiger partial charge < -0.3 is 14.6 Å². The van der Waals surface area contributed by atoms with Crippen LogP contribution in [0.2, 0.25) is 0 Å². The summed E-state index contributed by atoms with van der Waals surface area (Å²) < 4.78 is 34.4. The van der Waals surface area contributed by atoms with E-state index in [1.165, 1.54) is 0 Å². The van der Waals surface area contributed by atoms with Gasteiger partial charge in [-0.3, -0.25) is 4.79 Å². The number of amides is 1. The van der Waals surface area contributed by atoms with Gasteiger partial charge in [-0.2, -0.15) is 4.31 Å². The molecule has 25 heavy (non-hydrogen) atoms. The zero-order valence-electron chi connectivity index (χ0n) is 15.8. The highest BCUT2D eigenvalue weighted by molar-refractivity contribution is 7.89. The fourth-order valence-corrected chi connectivity index (χ4v) is 5.30. The molecule has 142 valence electrons. The highest BCUT2D eigenvalue weighted by Gasteiger charge is 2.34. The molecule has 1 aliphatic rings. The molecule has 2 rings (SSSR count). The Hall–Kier alpha value is -1.38. The summed E-state index contributed by atoms with van der Waals surface area (Å²) in [6.45, 7) is 7.46. The van der Waals surface area contributed by atoms with Crippen LogP contribution < -0.4 is 5.32 Å². The van der Waals surface area contributed by atoms with Crippen molar-refractivity contribution in [3.63, 3.8) is 0 Å². The van der Waals surface area contributed by atoms with E-state index in [2.05, 4.69) is 12.2 Å². The first kappa shape index (κ1) is 19.9. The summed E-state index contributed by atoms with van der Waals surface area (Å²) in [5, 5.41) is 2.77. The van der Waals surface area contributed by atoms with Crippen molar-refractivity contribution >= 4 is 15.9 Å². The smallest absolute Gasteiger partial charge is 0.268 e. The summed E-state index contributed by atoms with van der Waals surface area (Å²) in [6, 6.07) is 0. The van der Waals surface area contributed by atoms with E-state index in [1.54, 1.807) is 36.9 Å². The zero-order valence-corrected chi connectivity index (χ0v) is 16.6. The van der Waals surface area contributed by atoms with Gasteiger partial charge in [0, 0.05) is 45.0 Å². The van der Waals surface area contributed by atoms with Crippen LogP contribution in [0.4, 0.5) is 0 Å². The number of hydrogen-bond acceptors (Lipinski definition) is 4. The van der Waals surface area contributed by atoms with Crippen molar-refractivity contribution in [1.29, 1.82) is 0 Å². The Labute approximate surface area is 150 Å². The Morgan fingerprint density at radius 1 is 1.28 bits per heavy atom. The van der Waals surface area contributed by atoms with Gasteiger partial charge in [0.15, 0.2) is 0 Å². The average Bonchev–Trinajstić information content (AvgIpc) is 2.78. The van der Waals surface area contributed by atoms with Gasteiger partial charge in [-0.1, -0.05) is 6.92 Å². The fourth-order valence-electron chi connectivity index (χ4n) is 3.36. The first-order valence-electron chi connectivity index (χ1n) is 8.65. The van der Waals surface area contributed by atoms with Crippen molar-refractivity contribution < 1.29 is 17.9 Å². The number of rotatable bonds is 6. The largest absolute Gasteiger partial charge is 0.383 e. The van der Waals surface area contributed by atoms with Gasteiger partial charge in [0.2, 0.25) is 10.0 Å². The number of carbonyl (C=O) groups is 1. The standard InChI is InChI=1S/C17H29N3O4S/c1-12-6-9-20(10-7-12)25(22,23)16-13(2)15(19(4)14(16)3)17(21)18-8-11-24-5/h12H,6-11H2,1-5H3,(H,18,21). The number of aromatic nitrogens is 1. The third-order valence-electron chi connectivity index (χ3n) is 5.01. The normalized spacial score (nSPS) is 17.0. The lowest BCUT2D eigenvalue weighted by molar-refractivity contribution is 0.0928. The quantitative estimate of drug-likeness (QED) is 0.767. The van der Waals surface area contributed by atoms with Gasteiger partial charge >= 0.3 is 0 Å². The highest BCUT2D eigenvalue weighted by atomic mass is 32.2. The number of piperidine rings is 1. The van der Waals surface area contributed by atoms with E-state index in [0.29, 0.717) is 49.1 Å². The Kier molecular flexibility index (Phi) is 6.29. The summed E-state index contributed by atoms with van der Waals surface area (Å²) in [5.74, 6) is 0.264. The van der Waals surface area contributed by atoms with E-state index in [0.717, 1.165) is 12.8 Å².